The molecule has 0 radical (unpaired) electrons. The van der Waals surface area contributed by atoms with E-state index in [1.807, 2.05) is 19.1 Å². The number of ether oxygens (including phenoxy) is 1. The summed E-state index contributed by atoms with van der Waals surface area (Å²) in [6, 6.07) is 3.88. The van der Waals surface area contributed by atoms with Crippen molar-refractivity contribution in [1.29, 1.82) is 0 Å². The van der Waals surface area contributed by atoms with Gasteiger partial charge in [-0.15, -0.1) is 12.4 Å². The highest BCUT2D eigenvalue weighted by molar-refractivity contribution is 5.98. The maximum atomic E-state index is 12.0. The highest BCUT2D eigenvalue weighted by Crippen LogP contribution is 2.24. The van der Waals surface area contributed by atoms with Gasteiger partial charge in [0.15, 0.2) is 0 Å². The maximum Gasteiger partial charge on any atom is 0.326 e. The summed E-state index contributed by atoms with van der Waals surface area (Å²) in [5, 5.41) is 4.26. The zero-order valence-corrected chi connectivity index (χ0v) is 14.2. The second-order valence-corrected chi connectivity index (χ2v) is 5.80. The van der Waals surface area contributed by atoms with Crippen LogP contribution in [0.5, 0.6) is 0 Å². The summed E-state index contributed by atoms with van der Waals surface area (Å²) >= 11 is 0. The molecule has 128 valence electrons. The largest absolute Gasteiger partial charge is 0.376 e. The van der Waals surface area contributed by atoms with E-state index in [0.717, 1.165) is 53.7 Å². The van der Waals surface area contributed by atoms with E-state index in [1.165, 1.54) is 0 Å². The van der Waals surface area contributed by atoms with E-state index < -0.39 is 0 Å². The lowest BCUT2D eigenvalue weighted by molar-refractivity contribution is 0.120. The second-order valence-electron chi connectivity index (χ2n) is 5.80. The third-order valence-electron chi connectivity index (χ3n) is 4.37. The number of hydrogen-bond donors (Lipinski definition) is 2. The van der Waals surface area contributed by atoms with Crippen LogP contribution in [0.15, 0.2) is 23.3 Å². The first-order valence-corrected chi connectivity index (χ1v) is 7.99. The number of anilines is 1. The van der Waals surface area contributed by atoms with Gasteiger partial charge >= 0.3 is 5.69 Å². The molecule has 2 N–H and O–H groups in total. The van der Waals surface area contributed by atoms with E-state index in [1.54, 1.807) is 10.9 Å². The Morgan fingerprint density at radius 1 is 1.42 bits per heavy atom. The van der Waals surface area contributed by atoms with Crippen LogP contribution in [0.4, 0.5) is 5.82 Å². The third kappa shape index (κ3) is 2.85. The van der Waals surface area contributed by atoms with Gasteiger partial charge in [0.1, 0.15) is 12.1 Å². The average molecular weight is 350 g/mol. The lowest BCUT2D eigenvalue weighted by atomic mass is 10.2. The molecule has 2 aromatic heterocycles. The van der Waals surface area contributed by atoms with Crippen molar-refractivity contribution in [3.8, 4) is 0 Å². The quantitative estimate of drug-likeness (QED) is 0.755. The molecule has 3 aromatic rings. The zero-order valence-electron chi connectivity index (χ0n) is 13.4. The van der Waals surface area contributed by atoms with Gasteiger partial charge in [0.25, 0.3) is 0 Å². The lowest BCUT2D eigenvalue weighted by Gasteiger charge is -2.12. The van der Waals surface area contributed by atoms with Gasteiger partial charge in [-0.25, -0.2) is 14.8 Å². The Labute approximate surface area is 144 Å². The molecule has 0 saturated carbocycles. The highest BCUT2D eigenvalue weighted by atomic mass is 35.5. The minimum Gasteiger partial charge on any atom is -0.376 e. The van der Waals surface area contributed by atoms with Crippen molar-refractivity contribution in [2.75, 3.05) is 18.5 Å². The van der Waals surface area contributed by atoms with Crippen LogP contribution in [0.2, 0.25) is 0 Å². The number of benzene rings is 1. The summed E-state index contributed by atoms with van der Waals surface area (Å²) < 4.78 is 7.34. The van der Waals surface area contributed by atoms with Crippen molar-refractivity contribution in [2.45, 2.75) is 32.4 Å². The molecule has 1 fully saturated rings. The number of aromatic nitrogens is 4. The second kappa shape index (κ2) is 6.78. The predicted octanol–water partition coefficient (Wildman–Crippen LogP) is 2.31. The number of nitrogens with zero attached hydrogens (tertiary/aromatic N) is 3. The van der Waals surface area contributed by atoms with E-state index in [-0.39, 0.29) is 24.2 Å². The Hall–Kier alpha value is -2.12. The van der Waals surface area contributed by atoms with Crippen molar-refractivity contribution < 1.29 is 4.74 Å². The minimum absolute atomic E-state index is 0. The van der Waals surface area contributed by atoms with Crippen molar-refractivity contribution in [3.63, 3.8) is 0 Å². The standard InChI is InChI=1S/C16H19N5O2.ClH/c1-2-21-14-7-12-11(6-13(14)20-16(21)22)15(19-9-18-12)17-8-10-4-3-5-23-10;/h6-7,9-10H,2-5,8H2,1H3,(H,20,22)(H,17,18,19);1H. The minimum atomic E-state index is -0.0976. The van der Waals surface area contributed by atoms with Crippen molar-refractivity contribution in [2.24, 2.45) is 0 Å². The van der Waals surface area contributed by atoms with Gasteiger partial charge in [0.2, 0.25) is 0 Å². The van der Waals surface area contributed by atoms with E-state index in [2.05, 4.69) is 20.3 Å². The van der Waals surface area contributed by atoms with Crippen LogP contribution in [0.25, 0.3) is 21.9 Å². The van der Waals surface area contributed by atoms with Gasteiger partial charge in [0, 0.05) is 25.1 Å². The van der Waals surface area contributed by atoms with Crippen LogP contribution in [-0.4, -0.2) is 38.8 Å². The Morgan fingerprint density at radius 3 is 3.04 bits per heavy atom. The van der Waals surface area contributed by atoms with Crippen LogP contribution in [0, 0.1) is 0 Å². The fraction of sp³-hybridized carbons (Fsp3) is 0.438. The summed E-state index contributed by atoms with van der Waals surface area (Å²) in [5.41, 5.74) is 2.40. The first kappa shape index (κ1) is 16.7. The molecule has 0 bridgehead atoms. The monoisotopic (exact) mass is 349 g/mol. The molecule has 1 aliphatic heterocycles. The number of aryl methyl sites for hydroxylation is 1. The molecule has 1 aliphatic rings. The van der Waals surface area contributed by atoms with E-state index in [0.29, 0.717) is 6.54 Å². The van der Waals surface area contributed by atoms with Crippen LogP contribution >= 0.6 is 12.4 Å². The summed E-state index contributed by atoms with van der Waals surface area (Å²) in [4.78, 5) is 23.6. The maximum absolute atomic E-state index is 12.0. The lowest BCUT2D eigenvalue weighted by Crippen LogP contribution is -2.19. The molecule has 3 heterocycles. The van der Waals surface area contributed by atoms with E-state index in [4.69, 9.17) is 4.74 Å². The Morgan fingerprint density at radius 2 is 2.29 bits per heavy atom. The van der Waals surface area contributed by atoms with Crippen LogP contribution in [0.3, 0.4) is 0 Å². The number of imidazole rings is 1. The number of rotatable bonds is 4. The first-order valence-electron chi connectivity index (χ1n) is 7.99. The van der Waals surface area contributed by atoms with E-state index in [9.17, 15) is 4.79 Å². The van der Waals surface area contributed by atoms with Crippen molar-refractivity contribution in [1.82, 2.24) is 19.5 Å². The van der Waals surface area contributed by atoms with Gasteiger partial charge < -0.3 is 15.0 Å². The topological polar surface area (TPSA) is 84.8 Å². The van der Waals surface area contributed by atoms with E-state index >= 15 is 0 Å². The van der Waals surface area contributed by atoms with Gasteiger partial charge in [-0.05, 0) is 31.9 Å². The Kier molecular flexibility index (Phi) is 4.73. The van der Waals surface area contributed by atoms with Crippen molar-refractivity contribution >= 4 is 40.2 Å². The molecular formula is C16H20ClN5O2. The molecule has 4 rings (SSSR count). The van der Waals surface area contributed by atoms with Gasteiger partial charge in [-0.2, -0.15) is 0 Å². The SMILES string of the molecule is CCn1c(=O)[nH]c2cc3c(NCC4CCCO4)ncnc3cc21.Cl. The number of hydrogen-bond acceptors (Lipinski definition) is 5. The molecule has 0 spiro atoms. The zero-order chi connectivity index (χ0) is 15.8. The van der Waals surface area contributed by atoms with Gasteiger partial charge in [-0.3, -0.25) is 4.57 Å². The number of halogens is 1. The number of aromatic amines is 1. The van der Waals surface area contributed by atoms with Gasteiger partial charge in [-0.1, -0.05) is 0 Å². The van der Waals surface area contributed by atoms with Gasteiger partial charge in [0.05, 0.1) is 22.7 Å². The number of H-pyrrole nitrogens is 1. The molecule has 0 amide bonds. The molecular weight excluding hydrogens is 330 g/mol. The number of nitrogens with one attached hydrogen (secondary N) is 2. The fourth-order valence-electron chi connectivity index (χ4n) is 3.18. The molecule has 7 nitrogen and oxygen atoms in total. The molecule has 1 saturated heterocycles. The van der Waals surface area contributed by atoms with Crippen LogP contribution in [-0.2, 0) is 11.3 Å². The average Bonchev–Trinajstić information content (AvgIpc) is 3.17. The molecule has 8 heteroatoms. The van der Waals surface area contributed by atoms with Crippen LogP contribution in [0.1, 0.15) is 19.8 Å². The molecule has 1 aromatic carbocycles. The normalized spacial score (nSPS) is 17.3. The van der Waals surface area contributed by atoms with Crippen LogP contribution < -0.4 is 11.0 Å². The first-order chi connectivity index (χ1) is 11.3. The highest BCUT2D eigenvalue weighted by Gasteiger charge is 2.16. The summed E-state index contributed by atoms with van der Waals surface area (Å²) in [6.07, 6.45) is 3.98. The molecule has 0 aliphatic carbocycles. The molecule has 1 atom stereocenters. The fourth-order valence-corrected chi connectivity index (χ4v) is 3.18. The predicted molar refractivity (Wildman–Crippen MR) is 96.0 cm³/mol. The summed E-state index contributed by atoms with van der Waals surface area (Å²) in [6.45, 7) is 4.15. The third-order valence-corrected chi connectivity index (χ3v) is 4.37. The van der Waals surface area contributed by atoms with Crippen molar-refractivity contribution in [3.05, 3.63) is 28.9 Å². The molecule has 24 heavy (non-hydrogen) atoms. The summed E-state index contributed by atoms with van der Waals surface area (Å²) in [5.74, 6) is 0.775. The Bertz CT molecular complexity index is 914. The molecule has 1 unspecified atom stereocenters. The summed E-state index contributed by atoms with van der Waals surface area (Å²) in [7, 11) is 0. The number of fused-ring (bicyclic) bond motifs is 2. The smallest absolute Gasteiger partial charge is 0.326 e. The Balaban J connectivity index is 0.00000169.